The van der Waals surface area contributed by atoms with Gasteiger partial charge in [0.1, 0.15) is 9.88 Å². The summed E-state index contributed by atoms with van der Waals surface area (Å²) < 4.78 is 31.5. The Hall–Kier alpha value is -1.09. The highest BCUT2D eigenvalue weighted by Gasteiger charge is 2.26. The van der Waals surface area contributed by atoms with Crippen LogP contribution in [-0.4, -0.2) is 49.0 Å². The molecule has 2 heterocycles. The zero-order valence-electron chi connectivity index (χ0n) is 11.2. The molecule has 0 spiro atoms. The van der Waals surface area contributed by atoms with Gasteiger partial charge in [-0.3, -0.25) is 4.98 Å². The number of aromatic nitrogens is 1. The SMILES string of the molecule is CN(CC1CCCO1)S(=O)(=O)c1ccc(C(N)=S)nc1. The maximum Gasteiger partial charge on any atom is 0.244 e. The summed E-state index contributed by atoms with van der Waals surface area (Å²) in [6.07, 6.45) is 3.11. The Morgan fingerprint density at radius 3 is 2.85 bits per heavy atom. The summed E-state index contributed by atoms with van der Waals surface area (Å²) in [5.74, 6) is 0. The van der Waals surface area contributed by atoms with Gasteiger partial charge in [-0.25, -0.2) is 8.42 Å². The minimum atomic E-state index is -3.56. The maximum atomic E-state index is 12.4. The highest BCUT2D eigenvalue weighted by molar-refractivity contribution is 7.89. The summed E-state index contributed by atoms with van der Waals surface area (Å²) in [7, 11) is -2.02. The van der Waals surface area contributed by atoms with Crippen molar-refractivity contribution in [2.75, 3.05) is 20.2 Å². The monoisotopic (exact) mass is 315 g/mol. The lowest BCUT2D eigenvalue weighted by Crippen LogP contribution is -2.34. The maximum absolute atomic E-state index is 12.4. The van der Waals surface area contributed by atoms with Crippen LogP contribution in [-0.2, 0) is 14.8 Å². The molecular weight excluding hydrogens is 298 g/mol. The van der Waals surface area contributed by atoms with Crippen molar-refractivity contribution in [1.29, 1.82) is 0 Å². The Balaban J connectivity index is 2.13. The van der Waals surface area contributed by atoms with Crippen LogP contribution in [0.4, 0.5) is 0 Å². The Morgan fingerprint density at radius 2 is 2.35 bits per heavy atom. The van der Waals surface area contributed by atoms with Crippen molar-refractivity contribution in [3.63, 3.8) is 0 Å². The van der Waals surface area contributed by atoms with Gasteiger partial charge in [-0.2, -0.15) is 4.31 Å². The van der Waals surface area contributed by atoms with Crippen molar-refractivity contribution < 1.29 is 13.2 Å². The number of sulfonamides is 1. The first-order chi connectivity index (χ1) is 9.41. The molecule has 1 aliphatic rings. The zero-order valence-corrected chi connectivity index (χ0v) is 12.8. The van der Waals surface area contributed by atoms with E-state index in [1.807, 2.05) is 0 Å². The van der Waals surface area contributed by atoms with Crippen molar-refractivity contribution in [2.45, 2.75) is 23.8 Å². The van der Waals surface area contributed by atoms with Crippen LogP contribution in [0.3, 0.4) is 0 Å². The number of thiocarbonyl (C=S) groups is 1. The van der Waals surface area contributed by atoms with Crippen molar-refractivity contribution in [2.24, 2.45) is 5.73 Å². The van der Waals surface area contributed by atoms with Crippen LogP contribution in [0, 0.1) is 0 Å². The fourth-order valence-electron chi connectivity index (χ4n) is 2.03. The molecule has 0 saturated carbocycles. The summed E-state index contributed by atoms with van der Waals surface area (Å²) in [6, 6.07) is 2.97. The fourth-order valence-corrected chi connectivity index (χ4v) is 3.30. The summed E-state index contributed by atoms with van der Waals surface area (Å²) in [5, 5.41) is 0. The van der Waals surface area contributed by atoms with E-state index in [1.54, 1.807) is 7.05 Å². The van der Waals surface area contributed by atoms with Gasteiger partial charge in [-0.1, -0.05) is 12.2 Å². The van der Waals surface area contributed by atoms with Crippen molar-refractivity contribution in [3.8, 4) is 0 Å². The predicted octanol–water partition coefficient (Wildman–Crippen LogP) is 0.515. The summed E-state index contributed by atoms with van der Waals surface area (Å²) in [5.41, 5.74) is 5.84. The molecule has 1 aromatic rings. The molecular formula is C12H17N3O3S2. The molecule has 1 saturated heterocycles. The number of nitrogens with two attached hydrogens (primary N) is 1. The molecule has 0 aromatic carbocycles. The number of pyridine rings is 1. The molecule has 1 aliphatic heterocycles. The van der Waals surface area contributed by atoms with Gasteiger partial charge in [0.05, 0.1) is 11.8 Å². The van der Waals surface area contributed by atoms with Gasteiger partial charge in [0.15, 0.2) is 0 Å². The molecule has 1 unspecified atom stereocenters. The van der Waals surface area contributed by atoms with E-state index < -0.39 is 10.0 Å². The Bertz CT molecular complexity index is 580. The number of likely N-dealkylation sites (N-methyl/N-ethyl adjacent to an activating group) is 1. The number of nitrogens with zero attached hydrogens (tertiary/aromatic N) is 2. The molecule has 8 heteroatoms. The second-order valence-corrected chi connectivity index (χ2v) is 7.15. The Morgan fingerprint density at radius 1 is 1.60 bits per heavy atom. The van der Waals surface area contributed by atoms with Gasteiger partial charge in [0.25, 0.3) is 0 Å². The van der Waals surface area contributed by atoms with Crippen LogP contribution in [0.1, 0.15) is 18.5 Å². The first-order valence-electron chi connectivity index (χ1n) is 6.25. The van der Waals surface area contributed by atoms with Crippen molar-refractivity contribution in [3.05, 3.63) is 24.0 Å². The minimum Gasteiger partial charge on any atom is -0.388 e. The lowest BCUT2D eigenvalue weighted by atomic mass is 10.2. The molecule has 6 nitrogen and oxygen atoms in total. The third kappa shape index (κ3) is 3.32. The fraction of sp³-hybridized carbons (Fsp3) is 0.500. The van der Waals surface area contributed by atoms with Gasteiger partial charge in [-0.15, -0.1) is 0 Å². The van der Waals surface area contributed by atoms with Crippen LogP contribution in [0.2, 0.25) is 0 Å². The third-order valence-corrected chi connectivity index (χ3v) is 5.20. The Labute approximate surface area is 124 Å². The van der Waals surface area contributed by atoms with Gasteiger partial charge >= 0.3 is 0 Å². The summed E-state index contributed by atoms with van der Waals surface area (Å²) >= 11 is 4.78. The average molecular weight is 315 g/mol. The first kappa shape index (κ1) is 15.3. The van der Waals surface area contributed by atoms with Gasteiger partial charge in [0.2, 0.25) is 10.0 Å². The number of rotatable bonds is 5. The summed E-state index contributed by atoms with van der Waals surface area (Å²) in [4.78, 5) is 4.22. The van der Waals surface area contributed by atoms with Gasteiger partial charge in [0, 0.05) is 26.4 Å². The van der Waals surface area contributed by atoms with E-state index in [2.05, 4.69) is 4.98 Å². The molecule has 1 atom stereocenters. The van der Waals surface area contributed by atoms with Crippen LogP contribution in [0.25, 0.3) is 0 Å². The van der Waals surface area contributed by atoms with Crippen molar-refractivity contribution >= 4 is 27.2 Å². The molecule has 1 fully saturated rings. The number of hydrogen-bond acceptors (Lipinski definition) is 5. The topological polar surface area (TPSA) is 85.5 Å². The Kier molecular flexibility index (Phi) is 4.69. The van der Waals surface area contributed by atoms with E-state index in [-0.39, 0.29) is 16.0 Å². The highest BCUT2D eigenvalue weighted by Crippen LogP contribution is 2.18. The minimum absolute atomic E-state index is 0.0290. The van der Waals surface area contributed by atoms with E-state index >= 15 is 0 Å². The molecule has 0 aliphatic carbocycles. The third-order valence-electron chi connectivity index (χ3n) is 3.18. The number of ether oxygens (including phenoxy) is 1. The second-order valence-electron chi connectivity index (χ2n) is 4.66. The standard InChI is InChI=1S/C12H17N3O3S2/c1-15(8-9-3-2-6-18-9)20(16,17)10-4-5-11(12(13)19)14-7-10/h4-5,7,9H,2-3,6,8H2,1H3,(H2,13,19). The molecule has 2 N–H and O–H groups in total. The first-order valence-corrected chi connectivity index (χ1v) is 8.10. The molecule has 0 bridgehead atoms. The van der Waals surface area contributed by atoms with E-state index in [0.29, 0.717) is 18.8 Å². The molecule has 1 aromatic heterocycles. The quantitative estimate of drug-likeness (QED) is 0.797. The van der Waals surface area contributed by atoms with Crippen molar-refractivity contribution in [1.82, 2.24) is 9.29 Å². The van der Waals surface area contributed by atoms with Gasteiger partial charge in [-0.05, 0) is 25.0 Å². The van der Waals surface area contributed by atoms with Crippen LogP contribution in [0.15, 0.2) is 23.2 Å². The van der Waals surface area contributed by atoms with E-state index in [0.717, 1.165) is 12.8 Å². The van der Waals surface area contributed by atoms with E-state index in [4.69, 9.17) is 22.7 Å². The van der Waals surface area contributed by atoms with E-state index in [9.17, 15) is 8.42 Å². The summed E-state index contributed by atoms with van der Waals surface area (Å²) in [6.45, 7) is 1.04. The molecule has 20 heavy (non-hydrogen) atoms. The van der Waals surface area contributed by atoms with Crippen LogP contribution >= 0.6 is 12.2 Å². The average Bonchev–Trinajstić information content (AvgIpc) is 2.91. The second kappa shape index (κ2) is 6.13. The van der Waals surface area contributed by atoms with Crippen LogP contribution < -0.4 is 5.73 Å². The van der Waals surface area contributed by atoms with Gasteiger partial charge < -0.3 is 10.5 Å². The predicted molar refractivity (Wildman–Crippen MR) is 78.9 cm³/mol. The normalized spacial score (nSPS) is 19.4. The largest absolute Gasteiger partial charge is 0.388 e. The molecule has 0 radical (unpaired) electrons. The zero-order chi connectivity index (χ0) is 14.8. The molecule has 110 valence electrons. The highest BCUT2D eigenvalue weighted by atomic mass is 32.2. The lowest BCUT2D eigenvalue weighted by molar-refractivity contribution is 0.0979. The molecule has 2 rings (SSSR count). The lowest BCUT2D eigenvalue weighted by Gasteiger charge is -2.20. The van der Waals surface area contributed by atoms with Crippen LogP contribution in [0.5, 0.6) is 0 Å². The molecule has 0 amide bonds. The smallest absolute Gasteiger partial charge is 0.244 e. The number of hydrogen-bond donors (Lipinski definition) is 1. The van der Waals surface area contributed by atoms with E-state index in [1.165, 1.54) is 22.6 Å².